The summed E-state index contributed by atoms with van der Waals surface area (Å²) in [5, 5.41) is 0. The van der Waals surface area contributed by atoms with Gasteiger partial charge < -0.3 is 9.47 Å². The number of hydrogen-bond donors (Lipinski definition) is 0. The van der Waals surface area contributed by atoms with Gasteiger partial charge in [-0.3, -0.25) is 0 Å². The molecule has 0 aliphatic heterocycles. The zero-order valence-corrected chi connectivity index (χ0v) is 26.3. The quantitative estimate of drug-likeness (QED) is 0.107. The molecule has 0 N–H and O–H groups in total. The number of aryl methyl sites for hydroxylation is 2. The Morgan fingerprint density at radius 3 is 1.70 bits per heavy atom. The van der Waals surface area contributed by atoms with Crippen LogP contribution in [0.3, 0.4) is 0 Å². The third kappa shape index (κ3) is 6.16. The lowest BCUT2D eigenvalue weighted by atomic mass is 9.96. The molecule has 0 spiro atoms. The van der Waals surface area contributed by atoms with Crippen molar-refractivity contribution in [3.63, 3.8) is 0 Å². The van der Waals surface area contributed by atoms with E-state index < -0.39 is 11.6 Å². The lowest BCUT2D eigenvalue weighted by Gasteiger charge is -2.20. The molecule has 0 radical (unpaired) electrons. The summed E-state index contributed by atoms with van der Waals surface area (Å²) in [6, 6.07) is 42.2. The average Bonchev–Trinajstić information content (AvgIpc) is 3.34. The number of esters is 1. The number of rotatable bonds is 7. The van der Waals surface area contributed by atoms with Crippen molar-refractivity contribution in [2.45, 2.75) is 53.9 Å². The summed E-state index contributed by atoms with van der Waals surface area (Å²) in [5.41, 5.74) is 5.78. The maximum absolute atomic E-state index is 13.0. The number of ether oxygens (including phenoxy) is 2. The summed E-state index contributed by atoms with van der Waals surface area (Å²) >= 11 is 0. The second-order valence-corrected chi connectivity index (χ2v) is 13.5. The van der Waals surface area contributed by atoms with Gasteiger partial charge in [0, 0.05) is 12.1 Å². The van der Waals surface area contributed by atoms with E-state index in [9.17, 15) is 4.79 Å². The number of carbonyl (C=O) groups excluding carboxylic acids is 1. The third-order valence-electron chi connectivity index (χ3n) is 7.68. The predicted octanol–water partition coefficient (Wildman–Crippen LogP) is 8.92. The van der Waals surface area contributed by atoms with Crippen molar-refractivity contribution in [2.24, 2.45) is 0 Å². The van der Waals surface area contributed by atoms with Gasteiger partial charge in [-0.05, 0) is 85.3 Å². The summed E-state index contributed by atoms with van der Waals surface area (Å²) < 4.78 is 11.9. The summed E-state index contributed by atoms with van der Waals surface area (Å²) in [5.74, 6) is 6.84. The molecule has 0 fully saturated rings. The van der Waals surface area contributed by atoms with Crippen LogP contribution in [0.4, 0.5) is 0 Å². The van der Waals surface area contributed by atoms with Crippen LogP contribution in [-0.4, -0.2) is 18.2 Å². The van der Waals surface area contributed by atoms with Gasteiger partial charge in [-0.1, -0.05) is 96.8 Å². The van der Waals surface area contributed by atoms with Gasteiger partial charge in [-0.2, -0.15) is 0 Å². The molecule has 0 unspecified atom stereocenters. The number of fused-ring (bicyclic) bond motifs is 3. The minimum absolute atomic E-state index is 0.0586. The molecule has 6 rings (SSSR count). The van der Waals surface area contributed by atoms with E-state index in [1.807, 2.05) is 52.0 Å². The van der Waals surface area contributed by atoms with Crippen molar-refractivity contribution in [3.05, 3.63) is 144 Å². The van der Waals surface area contributed by atoms with E-state index in [4.69, 9.17) is 9.47 Å². The van der Waals surface area contributed by atoms with Crippen LogP contribution in [0.15, 0.2) is 136 Å². The SMILES string of the molecule is Cc1cc([S+](c2ccccc2)c2ccccc2)cc(C)c1OCC(=O)OC(C)(C)C#CC1c2ccccc2-c2ccccc21. The minimum atomic E-state index is -0.972. The topological polar surface area (TPSA) is 35.5 Å². The number of hydrogen-bond acceptors (Lipinski definition) is 3. The normalized spacial score (nSPS) is 12.2. The molecular formula is C40H35O3S+. The van der Waals surface area contributed by atoms with Crippen molar-refractivity contribution in [1.82, 2.24) is 0 Å². The Hall–Kier alpha value is -4.72. The number of benzene rings is 5. The van der Waals surface area contributed by atoms with E-state index in [1.165, 1.54) is 36.9 Å². The van der Waals surface area contributed by atoms with Gasteiger partial charge in [0.1, 0.15) is 5.75 Å². The minimum Gasteiger partial charge on any atom is -0.481 e. The van der Waals surface area contributed by atoms with Crippen LogP contribution >= 0.6 is 0 Å². The van der Waals surface area contributed by atoms with E-state index in [0.29, 0.717) is 5.75 Å². The van der Waals surface area contributed by atoms with E-state index >= 15 is 0 Å². The maximum atomic E-state index is 13.0. The molecule has 44 heavy (non-hydrogen) atoms. The molecule has 1 aliphatic rings. The second-order valence-electron chi connectivity index (χ2n) is 11.5. The molecule has 4 heteroatoms. The van der Waals surface area contributed by atoms with E-state index in [2.05, 4.69) is 109 Å². The van der Waals surface area contributed by atoms with Gasteiger partial charge in [0.2, 0.25) is 0 Å². The molecule has 5 aromatic carbocycles. The molecular weight excluding hydrogens is 561 g/mol. The summed E-state index contributed by atoms with van der Waals surface area (Å²) in [4.78, 5) is 16.7. The average molecular weight is 596 g/mol. The van der Waals surface area contributed by atoms with Gasteiger partial charge >= 0.3 is 5.97 Å². The van der Waals surface area contributed by atoms with Crippen molar-refractivity contribution in [1.29, 1.82) is 0 Å². The molecule has 0 amide bonds. The van der Waals surface area contributed by atoms with Crippen LogP contribution in [-0.2, 0) is 20.4 Å². The van der Waals surface area contributed by atoms with Crippen molar-refractivity contribution >= 4 is 16.9 Å². The Morgan fingerprint density at radius 2 is 1.18 bits per heavy atom. The fraction of sp³-hybridized carbons (Fsp3) is 0.175. The van der Waals surface area contributed by atoms with Gasteiger partial charge in [-0.25, -0.2) is 4.79 Å². The van der Waals surface area contributed by atoms with Gasteiger partial charge in [0.05, 0.1) is 16.8 Å². The fourth-order valence-corrected chi connectivity index (χ4v) is 8.07. The highest BCUT2D eigenvalue weighted by Crippen LogP contribution is 2.44. The van der Waals surface area contributed by atoms with Crippen LogP contribution in [0.5, 0.6) is 5.75 Å². The van der Waals surface area contributed by atoms with Gasteiger partial charge in [0.25, 0.3) is 0 Å². The Balaban J connectivity index is 1.16. The first-order chi connectivity index (χ1) is 21.3. The van der Waals surface area contributed by atoms with Crippen LogP contribution in [0.25, 0.3) is 11.1 Å². The van der Waals surface area contributed by atoms with Crippen LogP contribution in [0.2, 0.25) is 0 Å². The first-order valence-corrected chi connectivity index (χ1v) is 16.0. The smallest absolute Gasteiger partial charge is 0.345 e. The predicted molar refractivity (Wildman–Crippen MR) is 178 cm³/mol. The highest BCUT2D eigenvalue weighted by atomic mass is 32.2. The highest BCUT2D eigenvalue weighted by Gasteiger charge is 2.31. The van der Waals surface area contributed by atoms with Crippen LogP contribution in [0, 0.1) is 25.7 Å². The van der Waals surface area contributed by atoms with E-state index in [1.54, 1.807) is 0 Å². The largest absolute Gasteiger partial charge is 0.481 e. The van der Waals surface area contributed by atoms with Crippen molar-refractivity contribution < 1.29 is 14.3 Å². The first kappa shape index (κ1) is 29.4. The third-order valence-corrected chi connectivity index (χ3v) is 9.88. The molecule has 0 aromatic heterocycles. The lowest BCUT2D eigenvalue weighted by molar-refractivity contribution is -0.154. The standard InChI is InChI=1S/C40H35O3S/c1-28-25-32(44(30-15-7-5-8-16-30)31-17-9-6-10-18-31)26-29(2)39(28)42-27-38(41)43-40(3,4)24-23-37-35-21-13-11-19-33(35)34-20-12-14-22-36(34)37/h5-22,25-26,37H,27H2,1-4H3/q+1. The molecule has 0 heterocycles. The Bertz CT molecular complexity index is 1760. The number of carbonyl (C=O) groups is 1. The zero-order valence-electron chi connectivity index (χ0n) is 25.5. The molecule has 0 atom stereocenters. The van der Waals surface area contributed by atoms with Gasteiger partial charge in [-0.15, -0.1) is 0 Å². The summed E-state index contributed by atoms with van der Waals surface area (Å²) in [6.07, 6.45) is 0. The molecule has 0 saturated heterocycles. The second kappa shape index (κ2) is 12.5. The molecule has 0 saturated carbocycles. The van der Waals surface area contributed by atoms with E-state index in [0.717, 1.165) is 11.1 Å². The molecule has 0 bridgehead atoms. The molecule has 5 aromatic rings. The Labute approximate surface area is 263 Å². The summed E-state index contributed by atoms with van der Waals surface area (Å²) in [7, 11) is -0.263. The molecule has 218 valence electrons. The molecule has 3 nitrogen and oxygen atoms in total. The van der Waals surface area contributed by atoms with Crippen molar-refractivity contribution in [2.75, 3.05) is 6.61 Å². The van der Waals surface area contributed by atoms with Crippen LogP contribution < -0.4 is 4.74 Å². The van der Waals surface area contributed by atoms with Crippen LogP contribution in [0.1, 0.15) is 42.0 Å². The summed E-state index contributed by atoms with van der Waals surface area (Å²) in [6.45, 7) is 7.52. The Kier molecular flexibility index (Phi) is 8.33. The molecule has 1 aliphatic carbocycles. The first-order valence-electron chi connectivity index (χ1n) is 14.8. The lowest BCUT2D eigenvalue weighted by Crippen LogP contribution is -2.29. The van der Waals surface area contributed by atoms with Crippen molar-refractivity contribution in [3.8, 4) is 28.7 Å². The monoisotopic (exact) mass is 595 g/mol. The van der Waals surface area contributed by atoms with Gasteiger partial charge in [0.15, 0.2) is 26.9 Å². The van der Waals surface area contributed by atoms with E-state index in [-0.39, 0.29) is 23.4 Å². The maximum Gasteiger partial charge on any atom is 0.345 e. The zero-order chi connectivity index (χ0) is 30.7. The fourth-order valence-electron chi connectivity index (χ4n) is 5.81. The highest BCUT2D eigenvalue weighted by molar-refractivity contribution is 7.97. The Morgan fingerprint density at radius 1 is 0.705 bits per heavy atom.